The van der Waals surface area contributed by atoms with Gasteiger partial charge in [0, 0.05) is 18.3 Å². The van der Waals surface area contributed by atoms with Gasteiger partial charge in [-0.15, -0.1) is 5.10 Å². The third-order valence-corrected chi connectivity index (χ3v) is 3.17. The number of aromatic nitrogens is 3. The number of hydrogen-bond acceptors (Lipinski definition) is 5. The van der Waals surface area contributed by atoms with Crippen molar-refractivity contribution in [2.75, 3.05) is 0 Å². The zero-order chi connectivity index (χ0) is 11.4. The van der Waals surface area contributed by atoms with Crippen LogP contribution in [0.25, 0.3) is 0 Å². The summed E-state index contributed by atoms with van der Waals surface area (Å²) in [6, 6.07) is 4.00. The van der Waals surface area contributed by atoms with Crippen molar-refractivity contribution in [2.45, 2.75) is 25.9 Å². The molecule has 1 N–H and O–H groups in total. The molecular weight excluding hydrogens is 222 g/mol. The minimum atomic E-state index is -0.556. The van der Waals surface area contributed by atoms with Gasteiger partial charge in [-0.25, -0.2) is 0 Å². The second-order valence-electron chi connectivity index (χ2n) is 3.55. The Kier molecular flexibility index (Phi) is 3.58. The predicted molar refractivity (Wildman–Crippen MR) is 62.2 cm³/mol. The van der Waals surface area contributed by atoms with Gasteiger partial charge in [-0.3, -0.25) is 4.98 Å². The maximum atomic E-state index is 9.88. The van der Waals surface area contributed by atoms with Crippen molar-refractivity contribution in [2.24, 2.45) is 0 Å². The highest BCUT2D eigenvalue weighted by Crippen LogP contribution is 2.19. The van der Waals surface area contributed by atoms with E-state index in [1.807, 2.05) is 18.3 Å². The zero-order valence-corrected chi connectivity index (χ0v) is 9.81. The fourth-order valence-corrected chi connectivity index (χ4v) is 1.89. The molecule has 4 nitrogen and oxygen atoms in total. The fourth-order valence-electron chi connectivity index (χ4n) is 1.41. The summed E-state index contributed by atoms with van der Waals surface area (Å²) in [6.45, 7) is 2.09. The molecule has 0 radical (unpaired) electrons. The van der Waals surface area contributed by atoms with E-state index in [1.54, 1.807) is 6.20 Å². The second kappa shape index (κ2) is 5.14. The maximum Gasteiger partial charge on any atom is 0.0969 e. The number of hydrogen-bond donors (Lipinski definition) is 1. The largest absolute Gasteiger partial charge is 0.387 e. The molecule has 2 rings (SSSR count). The van der Waals surface area contributed by atoms with Gasteiger partial charge in [0.2, 0.25) is 0 Å². The highest BCUT2D eigenvalue weighted by atomic mass is 32.1. The van der Waals surface area contributed by atoms with Crippen molar-refractivity contribution in [3.05, 3.63) is 40.7 Å². The molecule has 0 amide bonds. The molecule has 16 heavy (non-hydrogen) atoms. The van der Waals surface area contributed by atoms with E-state index in [4.69, 9.17) is 0 Å². The SMILES string of the molecule is CCc1ccc(CC(O)c2cnns2)nc1. The summed E-state index contributed by atoms with van der Waals surface area (Å²) in [7, 11) is 0. The summed E-state index contributed by atoms with van der Waals surface area (Å²) in [6.07, 6.45) is 4.38. The molecule has 0 bridgehead atoms. The third kappa shape index (κ3) is 2.62. The normalized spacial score (nSPS) is 12.6. The van der Waals surface area contributed by atoms with Gasteiger partial charge in [0.1, 0.15) is 0 Å². The second-order valence-corrected chi connectivity index (χ2v) is 4.37. The van der Waals surface area contributed by atoms with E-state index in [0.29, 0.717) is 6.42 Å². The Morgan fingerprint density at radius 1 is 1.38 bits per heavy atom. The van der Waals surface area contributed by atoms with Crippen LogP contribution >= 0.6 is 11.5 Å². The molecule has 0 aliphatic heterocycles. The lowest BCUT2D eigenvalue weighted by Gasteiger charge is -2.06. The minimum Gasteiger partial charge on any atom is -0.387 e. The predicted octanol–water partition coefficient (Wildman–Crippen LogP) is 1.77. The van der Waals surface area contributed by atoms with Crippen molar-refractivity contribution < 1.29 is 5.11 Å². The van der Waals surface area contributed by atoms with Crippen LogP contribution in [0.3, 0.4) is 0 Å². The number of aliphatic hydroxyl groups is 1. The van der Waals surface area contributed by atoms with E-state index < -0.39 is 6.10 Å². The average molecular weight is 235 g/mol. The highest BCUT2D eigenvalue weighted by Gasteiger charge is 2.11. The molecule has 1 unspecified atom stereocenters. The van der Waals surface area contributed by atoms with Gasteiger partial charge >= 0.3 is 0 Å². The first kappa shape index (κ1) is 11.2. The van der Waals surface area contributed by atoms with Gasteiger partial charge in [-0.1, -0.05) is 17.5 Å². The summed E-state index contributed by atoms with van der Waals surface area (Å²) >= 11 is 1.22. The molecule has 0 aliphatic carbocycles. The Balaban J connectivity index is 2.03. The molecule has 2 aromatic heterocycles. The summed E-state index contributed by atoms with van der Waals surface area (Å²) in [4.78, 5) is 5.08. The van der Waals surface area contributed by atoms with Crippen molar-refractivity contribution in [1.82, 2.24) is 14.6 Å². The number of nitrogens with zero attached hydrogens (tertiary/aromatic N) is 3. The summed E-state index contributed by atoms with van der Waals surface area (Å²) in [5.74, 6) is 0. The standard InChI is InChI=1S/C11H13N3OS/c1-2-8-3-4-9(12-6-8)5-10(15)11-7-13-14-16-11/h3-4,6-7,10,15H,2,5H2,1H3. The zero-order valence-electron chi connectivity index (χ0n) is 9.00. The van der Waals surface area contributed by atoms with Gasteiger partial charge in [0.15, 0.2) is 0 Å². The molecule has 0 saturated heterocycles. The first-order chi connectivity index (χ1) is 7.79. The molecule has 5 heteroatoms. The molecule has 2 aromatic rings. The summed E-state index contributed by atoms with van der Waals surface area (Å²) in [5, 5.41) is 13.6. The quantitative estimate of drug-likeness (QED) is 0.877. The lowest BCUT2D eigenvalue weighted by molar-refractivity contribution is 0.181. The molecule has 84 valence electrons. The van der Waals surface area contributed by atoms with Crippen LogP contribution in [0, 0.1) is 0 Å². The van der Waals surface area contributed by atoms with E-state index >= 15 is 0 Å². The topological polar surface area (TPSA) is 58.9 Å². The highest BCUT2D eigenvalue weighted by molar-refractivity contribution is 7.05. The van der Waals surface area contributed by atoms with Crippen molar-refractivity contribution in [3.8, 4) is 0 Å². The number of aryl methyl sites for hydroxylation is 1. The molecular formula is C11H13N3OS. The molecule has 0 saturated carbocycles. The van der Waals surface area contributed by atoms with Crippen molar-refractivity contribution in [1.29, 1.82) is 0 Å². The fraction of sp³-hybridized carbons (Fsp3) is 0.364. The number of aliphatic hydroxyl groups excluding tert-OH is 1. The Hall–Kier alpha value is -1.33. The lowest BCUT2D eigenvalue weighted by atomic mass is 10.1. The Labute approximate surface area is 98.2 Å². The summed E-state index contributed by atoms with van der Waals surface area (Å²) < 4.78 is 3.72. The van der Waals surface area contributed by atoms with Crippen molar-refractivity contribution >= 4 is 11.5 Å². The van der Waals surface area contributed by atoms with E-state index in [2.05, 4.69) is 21.5 Å². The Bertz CT molecular complexity index is 427. The van der Waals surface area contributed by atoms with E-state index in [1.165, 1.54) is 17.1 Å². The van der Waals surface area contributed by atoms with Crippen LogP contribution in [0.4, 0.5) is 0 Å². The van der Waals surface area contributed by atoms with Gasteiger partial charge < -0.3 is 5.11 Å². The van der Waals surface area contributed by atoms with Crippen LogP contribution in [0.2, 0.25) is 0 Å². The van der Waals surface area contributed by atoms with Gasteiger partial charge in [-0.05, 0) is 29.6 Å². The van der Waals surface area contributed by atoms with E-state index in [9.17, 15) is 5.11 Å². The molecule has 2 heterocycles. The Morgan fingerprint density at radius 2 is 2.25 bits per heavy atom. The number of rotatable bonds is 4. The molecule has 1 atom stereocenters. The van der Waals surface area contributed by atoms with Crippen LogP contribution in [-0.4, -0.2) is 19.7 Å². The van der Waals surface area contributed by atoms with Gasteiger partial charge in [-0.2, -0.15) is 0 Å². The van der Waals surface area contributed by atoms with Crippen LogP contribution in [0.15, 0.2) is 24.5 Å². The third-order valence-electron chi connectivity index (χ3n) is 2.40. The maximum absolute atomic E-state index is 9.88. The van der Waals surface area contributed by atoms with E-state index in [-0.39, 0.29) is 0 Å². The van der Waals surface area contributed by atoms with Crippen LogP contribution in [0.5, 0.6) is 0 Å². The van der Waals surface area contributed by atoms with E-state index in [0.717, 1.165) is 17.0 Å². The monoisotopic (exact) mass is 235 g/mol. The first-order valence-corrected chi connectivity index (χ1v) is 5.96. The molecule has 0 aliphatic rings. The minimum absolute atomic E-state index is 0.508. The lowest BCUT2D eigenvalue weighted by Crippen LogP contribution is -2.01. The van der Waals surface area contributed by atoms with Gasteiger partial charge in [0.25, 0.3) is 0 Å². The smallest absolute Gasteiger partial charge is 0.0969 e. The van der Waals surface area contributed by atoms with Crippen LogP contribution < -0.4 is 0 Å². The molecule has 0 spiro atoms. The first-order valence-electron chi connectivity index (χ1n) is 5.18. The molecule has 0 fully saturated rings. The van der Waals surface area contributed by atoms with Gasteiger partial charge in [0.05, 0.1) is 17.2 Å². The molecule has 0 aromatic carbocycles. The Morgan fingerprint density at radius 3 is 2.81 bits per heavy atom. The summed E-state index contributed by atoms with van der Waals surface area (Å²) in [5.41, 5.74) is 2.09. The van der Waals surface area contributed by atoms with Crippen LogP contribution in [-0.2, 0) is 12.8 Å². The van der Waals surface area contributed by atoms with Crippen LogP contribution in [0.1, 0.15) is 29.2 Å². The average Bonchev–Trinajstić information content (AvgIpc) is 2.83. The van der Waals surface area contributed by atoms with Crippen molar-refractivity contribution in [3.63, 3.8) is 0 Å². The number of pyridine rings is 1.